The van der Waals surface area contributed by atoms with Crippen LogP contribution in [0.25, 0.3) is 5.65 Å². The van der Waals surface area contributed by atoms with Crippen molar-refractivity contribution < 1.29 is 9.53 Å². The fourth-order valence-corrected chi connectivity index (χ4v) is 4.53. The smallest absolute Gasteiger partial charge is 0.410 e. The van der Waals surface area contributed by atoms with Crippen molar-refractivity contribution in [1.29, 1.82) is 0 Å². The zero-order chi connectivity index (χ0) is 20.0. The van der Waals surface area contributed by atoms with Gasteiger partial charge in [0, 0.05) is 18.9 Å². The fraction of sp³-hybridized carbons (Fsp3) is 0.417. The normalized spacial score (nSPS) is 26.1. The summed E-state index contributed by atoms with van der Waals surface area (Å²) in [5, 5.41) is 0. The van der Waals surface area contributed by atoms with Crippen LogP contribution in [0, 0.1) is 11.8 Å². The van der Waals surface area contributed by atoms with Crippen molar-refractivity contribution in [1.82, 2.24) is 14.3 Å². The minimum Gasteiger partial charge on any atom is -0.445 e. The van der Waals surface area contributed by atoms with Crippen LogP contribution in [0.3, 0.4) is 0 Å². The molecule has 3 aromatic rings. The lowest BCUT2D eigenvalue weighted by molar-refractivity contribution is 0.0909. The molecule has 29 heavy (non-hydrogen) atoms. The highest BCUT2D eigenvalue weighted by atomic mass is 16.6. The van der Waals surface area contributed by atoms with Gasteiger partial charge in [-0.15, -0.1) is 0 Å². The van der Waals surface area contributed by atoms with Crippen LogP contribution in [0.5, 0.6) is 0 Å². The van der Waals surface area contributed by atoms with Crippen molar-refractivity contribution >= 4 is 11.7 Å². The van der Waals surface area contributed by atoms with Crippen LogP contribution < -0.4 is 0 Å². The molecule has 5 nitrogen and oxygen atoms in total. The molecule has 2 fully saturated rings. The van der Waals surface area contributed by atoms with E-state index in [2.05, 4.69) is 42.8 Å². The molecule has 2 aliphatic rings. The number of hydrogen-bond acceptors (Lipinski definition) is 3. The molecular weight excluding hydrogens is 362 g/mol. The lowest BCUT2D eigenvalue weighted by Gasteiger charge is -2.22. The van der Waals surface area contributed by atoms with E-state index in [-0.39, 0.29) is 12.1 Å². The summed E-state index contributed by atoms with van der Waals surface area (Å²) in [6.45, 7) is 5.48. The van der Waals surface area contributed by atoms with Crippen LogP contribution in [0.1, 0.15) is 55.5 Å². The van der Waals surface area contributed by atoms with E-state index < -0.39 is 0 Å². The van der Waals surface area contributed by atoms with Crippen LogP contribution in [0.15, 0.2) is 54.9 Å². The van der Waals surface area contributed by atoms with E-state index in [9.17, 15) is 4.79 Å². The largest absolute Gasteiger partial charge is 0.445 e. The average molecular weight is 389 g/mol. The second kappa shape index (κ2) is 7.21. The summed E-state index contributed by atoms with van der Waals surface area (Å²) in [6.07, 6.45) is 6.22. The van der Waals surface area contributed by atoms with Crippen molar-refractivity contribution in [3.63, 3.8) is 0 Å². The molecule has 1 aliphatic carbocycles. The summed E-state index contributed by atoms with van der Waals surface area (Å²) < 4.78 is 7.73. The number of likely N-dealkylation sites (tertiary alicyclic amines) is 1. The molecule has 1 aliphatic heterocycles. The van der Waals surface area contributed by atoms with Gasteiger partial charge < -0.3 is 9.14 Å². The molecular formula is C24H27N3O2. The highest BCUT2D eigenvalue weighted by molar-refractivity contribution is 5.69. The van der Waals surface area contributed by atoms with Crippen LogP contribution >= 0.6 is 0 Å². The van der Waals surface area contributed by atoms with E-state index in [0.29, 0.717) is 25.0 Å². The summed E-state index contributed by atoms with van der Waals surface area (Å²) >= 11 is 0. The molecule has 1 saturated heterocycles. The van der Waals surface area contributed by atoms with Crippen molar-refractivity contribution in [2.75, 3.05) is 6.54 Å². The van der Waals surface area contributed by atoms with Gasteiger partial charge in [0.1, 0.15) is 12.3 Å². The number of hydrogen-bond donors (Lipinski definition) is 0. The number of imidazole rings is 1. The van der Waals surface area contributed by atoms with Crippen molar-refractivity contribution in [2.24, 2.45) is 11.8 Å². The molecule has 5 heteroatoms. The summed E-state index contributed by atoms with van der Waals surface area (Å²) in [4.78, 5) is 19.5. The topological polar surface area (TPSA) is 46.8 Å². The monoisotopic (exact) mass is 389 g/mol. The molecule has 0 bridgehead atoms. The Morgan fingerprint density at radius 1 is 1.10 bits per heavy atom. The van der Waals surface area contributed by atoms with Gasteiger partial charge in [-0.3, -0.25) is 4.90 Å². The molecule has 4 atom stereocenters. The first-order chi connectivity index (χ1) is 14.1. The first kappa shape index (κ1) is 18.2. The zero-order valence-corrected chi connectivity index (χ0v) is 17.0. The summed E-state index contributed by atoms with van der Waals surface area (Å²) in [7, 11) is 0. The Hall–Kier alpha value is -2.82. The van der Waals surface area contributed by atoms with E-state index in [1.165, 1.54) is 12.0 Å². The van der Waals surface area contributed by atoms with Gasteiger partial charge in [0.15, 0.2) is 0 Å². The quantitative estimate of drug-likeness (QED) is 0.618. The van der Waals surface area contributed by atoms with Gasteiger partial charge in [0.05, 0.1) is 11.7 Å². The molecule has 5 rings (SSSR count). The predicted molar refractivity (Wildman–Crippen MR) is 112 cm³/mol. The molecule has 0 spiro atoms. The first-order valence-corrected chi connectivity index (χ1v) is 10.5. The molecule has 1 aromatic carbocycles. The molecule has 1 saturated carbocycles. The number of pyridine rings is 1. The number of ether oxygens (including phenoxy) is 1. The summed E-state index contributed by atoms with van der Waals surface area (Å²) in [5.41, 5.74) is 4.27. The van der Waals surface area contributed by atoms with Crippen LogP contribution in [0.4, 0.5) is 4.79 Å². The van der Waals surface area contributed by atoms with Crippen LogP contribution in [0.2, 0.25) is 0 Å². The molecule has 3 heterocycles. The highest BCUT2D eigenvalue weighted by Gasteiger charge is 2.37. The Balaban J connectivity index is 1.35. The van der Waals surface area contributed by atoms with Gasteiger partial charge in [-0.2, -0.15) is 0 Å². The second-order valence-corrected chi connectivity index (χ2v) is 8.76. The third-order valence-electron chi connectivity index (χ3n) is 6.32. The average Bonchev–Trinajstić information content (AvgIpc) is 3.14. The highest BCUT2D eigenvalue weighted by Crippen LogP contribution is 2.46. The van der Waals surface area contributed by atoms with Crippen LogP contribution in [-0.2, 0) is 11.3 Å². The maximum absolute atomic E-state index is 12.8. The Bertz CT molecular complexity index is 1030. The van der Waals surface area contributed by atoms with E-state index in [1.54, 1.807) is 0 Å². The van der Waals surface area contributed by atoms with Crippen LogP contribution in [-0.4, -0.2) is 26.9 Å². The number of carbonyl (C=O) groups is 1. The molecule has 150 valence electrons. The van der Waals surface area contributed by atoms with Gasteiger partial charge in [0.25, 0.3) is 0 Å². The lowest BCUT2D eigenvalue weighted by atomic mass is 10.1. The van der Waals surface area contributed by atoms with E-state index >= 15 is 0 Å². The molecule has 1 amide bonds. The molecule has 0 radical (unpaired) electrons. The minimum atomic E-state index is -0.257. The Morgan fingerprint density at radius 3 is 2.66 bits per heavy atom. The summed E-state index contributed by atoms with van der Waals surface area (Å²) in [5.74, 6) is 1.89. The Morgan fingerprint density at radius 2 is 1.90 bits per heavy atom. The number of nitrogens with zero attached hydrogens (tertiary/aromatic N) is 3. The maximum Gasteiger partial charge on any atom is 0.410 e. The fourth-order valence-electron chi connectivity index (χ4n) is 4.53. The van der Waals surface area contributed by atoms with E-state index in [0.717, 1.165) is 29.2 Å². The third-order valence-corrected chi connectivity index (χ3v) is 6.32. The van der Waals surface area contributed by atoms with E-state index in [1.807, 2.05) is 35.2 Å². The maximum atomic E-state index is 12.8. The number of fused-ring (bicyclic) bond motifs is 1. The standard InChI is InChI=1S/C24H27N3O2/c1-16-10-22(27(12-16)24(28)29-15-18-6-4-3-5-7-18)21-14-26-13-19(20-11-17(20)2)8-9-23(26)25-21/h3-9,13-14,16-17,20,22H,10-12,15H2,1-2H3/t16-,17?,20?,22+/m0/s1. The number of benzene rings is 1. The minimum absolute atomic E-state index is 0.0310. The van der Waals surface area contributed by atoms with Gasteiger partial charge >= 0.3 is 6.09 Å². The molecule has 0 N–H and O–H groups in total. The first-order valence-electron chi connectivity index (χ1n) is 10.5. The molecule has 2 unspecified atom stereocenters. The number of aromatic nitrogens is 2. The van der Waals surface area contributed by atoms with Gasteiger partial charge in [0.2, 0.25) is 0 Å². The van der Waals surface area contributed by atoms with E-state index in [4.69, 9.17) is 9.72 Å². The van der Waals surface area contributed by atoms with Gasteiger partial charge in [-0.05, 0) is 47.8 Å². The number of rotatable bonds is 4. The van der Waals surface area contributed by atoms with Gasteiger partial charge in [-0.25, -0.2) is 9.78 Å². The van der Waals surface area contributed by atoms with Crippen molar-refractivity contribution in [2.45, 2.75) is 45.3 Å². The number of carbonyl (C=O) groups excluding carboxylic acids is 1. The summed E-state index contributed by atoms with van der Waals surface area (Å²) in [6, 6.07) is 14.1. The van der Waals surface area contributed by atoms with Crippen molar-refractivity contribution in [3.8, 4) is 0 Å². The Kier molecular flexibility index (Phi) is 4.53. The van der Waals surface area contributed by atoms with Crippen molar-refractivity contribution in [3.05, 3.63) is 71.7 Å². The Labute approximate surface area is 171 Å². The third kappa shape index (κ3) is 3.61. The predicted octanol–water partition coefficient (Wildman–Crippen LogP) is 5.18. The number of amides is 1. The molecule has 2 aromatic heterocycles. The zero-order valence-electron chi connectivity index (χ0n) is 17.0. The lowest BCUT2D eigenvalue weighted by Crippen LogP contribution is -2.31. The van der Waals surface area contributed by atoms with Gasteiger partial charge in [-0.1, -0.05) is 50.2 Å². The second-order valence-electron chi connectivity index (χ2n) is 8.76. The SMILES string of the molecule is CC1CC1c1ccc2nc([C@H]3C[C@H](C)CN3C(=O)OCc3ccccc3)cn2c1.